The van der Waals surface area contributed by atoms with Gasteiger partial charge in [-0.15, -0.1) is 0 Å². The van der Waals surface area contributed by atoms with Gasteiger partial charge in [-0.25, -0.2) is 43.8 Å². The van der Waals surface area contributed by atoms with E-state index in [4.69, 9.17) is 120 Å². The predicted molar refractivity (Wildman–Crippen MR) is 495 cm³/mol. The molecule has 4 saturated heterocycles. The number of rotatable bonds is 15. The Morgan fingerprint density at radius 3 is 1.11 bits per heavy atom. The summed E-state index contributed by atoms with van der Waals surface area (Å²) in [6.45, 7) is 56.0. The van der Waals surface area contributed by atoms with E-state index in [9.17, 15) is 0 Å². The Hall–Kier alpha value is -1.49. The van der Waals surface area contributed by atoms with E-state index < -0.39 is 50.3 Å². The van der Waals surface area contributed by atoms with Crippen molar-refractivity contribution in [1.29, 1.82) is 0 Å². The predicted octanol–water partition coefficient (Wildman–Crippen LogP) is 25.2. The van der Waals surface area contributed by atoms with Gasteiger partial charge in [0.15, 0.2) is 16.1 Å². The van der Waals surface area contributed by atoms with Crippen molar-refractivity contribution >= 4 is 165 Å². The van der Waals surface area contributed by atoms with Crippen LogP contribution in [0.25, 0.3) is 0 Å². The monoisotopic (exact) mass is 1890 g/mol. The molecule has 5 aliphatic heterocycles. The number of nitrogens with one attached hydrogen (secondary N) is 2. The Morgan fingerprint density at radius 1 is 0.464 bits per heavy atom. The van der Waals surface area contributed by atoms with Crippen molar-refractivity contribution in [3.8, 4) is 0 Å². The molecule has 5 aliphatic rings. The third-order valence-corrected chi connectivity index (χ3v) is 26.1. The second kappa shape index (κ2) is 57.7. The van der Waals surface area contributed by atoms with E-state index in [1.54, 1.807) is 0 Å². The SMILES string of the molecule is CC(C)NC(=Nc1cc(C(C)(C)C)ccc1C(C)(C)C)N(C(C)C)[PH+](c1ccccc1)c1ccccc1.CC(C)NC(=Nc1ccc(C(C)(C)C)cc1)N(C(C)C)[PH+](c1ccccc1)c1ccccc1.CC[PH+](CC)N1CCCN2CCCN=C21.[CH-]1CCCO1.[CH-]1CCCO1.[CH-]1CCCO1.[Cl][Cr+]([Cl])[Cl].[Cl][Cr+]([Cl])[Cl].[Cl][Cr+]([Cl])[Cl]. The molecule has 6 aromatic rings. The van der Waals surface area contributed by atoms with Crippen LogP contribution in [0, 0.1) is 19.8 Å². The van der Waals surface area contributed by atoms with E-state index in [1.807, 2.05) is 19.8 Å². The van der Waals surface area contributed by atoms with Crippen molar-refractivity contribution in [3.63, 3.8) is 0 Å². The summed E-state index contributed by atoms with van der Waals surface area (Å²) < 4.78 is 22.2. The first kappa shape index (κ1) is 105. The minimum atomic E-state index is -1.62. The fraction of sp³-hybridized carbons (Fsp3) is 0.506. The first-order chi connectivity index (χ1) is 53.0. The Kier molecular flexibility index (Phi) is 53.9. The van der Waals surface area contributed by atoms with Gasteiger partial charge in [-0.1, -0.05) is 179 Å². The van der Waals surface area contributed by atoms with Crippen molar-refractivity contribution in [2.45, 2.75) is 223 Å². The molecule has 6 aromatic carbocycles. The molecule has 0 radical (unpaired) electrons. The molecule has 112 heavy (non-hydrogen) atoms. The number of nitrogens with zero attached hydrogens (tertiary/aromatic N) is 7. The van der Waals surface area contributed by atoms with E-state index >= 15 is 0 Å². The number of benzene rings is 6. The van der Waals surface area contributed by atoms with Crippen LogP contribution in [0.4, 0.5) is 11.4 Å². The number of fused-ring (bicyclic) bond motifs is 1. The van der Waals surface area contributed by atoms with Gasteiger partial charge < -0.3 is 29.7 Å². The van der Waals surface area contributed by atoms with Crippen LogP contribution in [0.1, 0.15) is 200 Å². The molecule has 0 atom stereocenters. The summed E-state index contributed by atoms with van der Waals surface area (Å²) in [5, 5.41) is 12.8. The normalized spacial score (nSPS) is 15.0. The fourth-order valence-electron chi connectivity index (χ4n) is 12.1. The molecule has 5 heterocycles. The standard InChI is InChI=1S/C33H46N3P.C29H38N3P.C11H22N3P.3C4H7O.9ClH.3Cr/c1-24(2)34-31(35-30-23-26(32(5,6)7)21-22-29(30)33(8,9)10)36(25(3)4)37(27-17-13-11-14-18-27)28-19-15-12-16-20-28;1-22(2)30-28(31-25-20-18-24(19-21-25)29(5,6)7)32(23(3)4)33(26-14-10-8-11-15-26)27-16-12-9-13-17-27;1-3-15(4-2)14-10-6-9-13-8-5-7-12-11(13)14;3*1-2-4-5-3-1;;;;;;;;;;;;/h11-25H,1-10H3,(H,34,35);8-23H,1-7H3,(H,30,31);3-10H2,1-2H3;3*3H,1-2,4H2;9*1H;;;/q;;;3*-1;;;;;;;;;;3*+4/p-6. The Bertz CT molecular complexity index is 3370. The number of hydrogen-bond acceptors (Lipinski definition) is 8. The zero-order valence-electron chi connectivity index (χ0n) is 69.6. The molecular weight excluding hydrogens is 1760 g/mol. The third kappa shape index (κ3) is 42.6. The molecule has 0 amide bonds. The van der Waals surface area contributed by atoms with Crippen molar-refractivity contribution in [2.24, 2.45) is 15.0 Å². The zero-order chi connectivity index (χ0) is 83.4. The zero-order valence-corrected chi connectivity index (χ0v) is 83.3. The van der Waals surface area contributed by atoms with E-state index in [1.165, 1.54) is 108 Å². The van der Waals surface area contributed by atoms with Crippen LogP contribution >= 0.6 is 115 Å². The number of aliphatic imine (C=N–C) groups is 3. The Balaban J connectivity index is 0.000000385. The maximum absolute atomic E-state index is 5.49. The van der Waals surface area contributed by atoms with Crippen LogP contribution in [0.2, 0.25) is 0 Å². The molecule has 2 N–H and O–H groups in total. The molecular formula is C85H130Cl9Cr3N9O3P3+3. The average molecular weight is 1890 g/mol. The summed E-state index contributed by atoms with van der Waals surface area (Å²) >= 11 is -4.87. The van der Waals surface area contributed by atoms with Crippen LogP contribution in [0.3, 0.4) is 0 Å². The Morgan fingerprint density at radius 2 is 0.812 bits per heavy atom. The van der Waals surface area contributed by atoms with Crippen LogP contribution in [-0.4, -0.2) is 119 Å². The number of ether oxygens (including phenoxy) is 3. The molecule has 27 heteroatoms. The number of guanidine groups is 3. The fourth-order valence-corrected chi connectivity index (χ4v) is 19.9. The molecule has 12 nitrogen and oxygen atoms in total. The summed E-state index contributed by atoms with van der Waals surface area (Å²) in [7, 11) is 41.4. The van der Waals surface area contributed by atoms with Gasteiger partial charge in [0.1, 0.15) is 21.2 Å². The second-order valence-electron chi connectivity index (χ2n) is 31.0. The van der Waals surface area contributed by atoms with Crippen molar-refractivity contribution in [2.75, 3.05) is 58.3 Å². The van der Waals surface area contributed by atoms with E-state index in [0.29, 0.717) is 0 Å². The van der Waals surface area contributed by atoms with Gasteiger partial charge >= 0.3 is 125 Å². The summed E-state index contributed by atoms with van der Waals surface area (Å²) in [5.74, 6) is 3.22. The van der Waals surface area contributed by atoms with E-state index in [0.717, 1.165) is 68.9 Å². The number of halogens is 9. The first-order valence-electron chi connectivity index (χ1n) is 38.9. The third-order valence-electron chi connectivity index (χ3n) is 17.3. The molecule has 0 bridgehead atoms. The van der Waals surface area contributed by atoms with Crippen molar-refractivity contribution in [1.82, 2.24) is 29.5 Å². The molecule has 4 fully saturated rings. The molecule has 0 aromatic heterocycles. The molecule has 0 aliphatic carbocycles. The van der Waals surface area contributed by atoms with Gasteiger partial charge in [0.25, 0.3) is 0 Å². The van der Waals surface area contributed by atoms with Crippen LogP contribution < -0.4 is 31.9 Å². The summed E-state index contributed by atoms with van der Waals surface area (Å²) in [5.41, 5.74) is 6.06. The van der Waals surface area contributed by atoms with Crippen molar-refractivity contribution < 1.29 is 48.4 Å². The molecule has 0 saturated carbocycles. The van der Waals surface area contributed by atoms with E-state index in [2.05, 4.69) is 325 Å². The molecule has 11 rings (SSSR count). The minimum absolute atomic E-state index is 0.0203. The van der Waals surface area contributed by atoms with Gasteiger partial charge in [0, 0.05) is 51.5 Å². The molecule has 0 spiro atoms. The van der Waals surface area contributed by atoms with Gasteiger partial charge in [-0.3, -0.25) is 4.99 Å². The van der Waals surface area contributed by atoms with Gasteiger partial charge in [-0.05, 0) is 182 Å². The molecule has 0 unspecified atom stereocenters. The number of hydrogen-bond donors (Lipinski definition) is 2. The van der Waals surface area contributed by atoms with Crippen LogP contribution in [0.5, 0.6) is 0 Å². The topological polar surface area (TPSA) is 102 Å². The van der Waals surface area contributed by atoms with Gasteiger partial charge in [-0.2, -0.15) is 19.3 Å². The van der Waals surface area contributed by atoms with Gasteiger partial charge in [0.2, 0.25) is 17.9 Å². The molecule has 626 valence electrons. The van der Waals surface area contributed by atoms with Gasteiger partial charge in [0.05, 0.1) is 50.4 Å². The summed E-state index contributed by atoms with van der Waals surface area (Å²) in [6, 6.07) is 60.2. The average Bonchev–Trinajstić information content (AvgIpc) is 0.961. The van der Waals surface area contributed by atoms with Crippen molar-refractivity contribution in [3.05, 3.63) is 200 Å². The first-order valence-corrected chi connectivity index (χ1v) is 59.5. The summed E-state index contributed by atoms with van der Waals surface area (Å²) in [4.78, 5) is 17.9. The van der Waals surface area contributed by atoms with Crippen LogP contribution in [0.15, 0.2) is 179 Å². The quantitative estimate of drug-likeness (QED) is 0.0450. The Labute approximate surface area is 732 Å². The summed E-state index contributed by atoms with van der Waals surface area (Å²) in [6.07, 6.45) is 12.4. The van der Waals surface area contributed by atoms with E-state index in [-0.39, 0.29) is 48.5 Å². The second-order valence-corrected chi connectivity index (χ2v) is 57.7. The van der Waals surface area contributed by atoms with Crippen LogP contribution in [-0.2, 0) is 64.6 Å². The maximum atomic E-state index is 5.49.